The number of amides is 1. The van der Waals surface area contributed by atoms with Gasteiger partial charge in [0.05, 0.1) is 10.7 Å². The van der Waals surface area contributed by atoms with Gasteiger partial charge in [-0.1, -0.05) is 17.7 Å². The molecular formula is C15H23ClN2O2. The Kier molecular flexibility index (Phi) is 5.84. The number of halogens is 1. The van der Waals surface area contributed by atoms with Crippen LogP contribution in [0.25, 0.3) is 0 Å². The number of benzene rings is 1. The van der Waals surface area contributed by atoms with Crippen molar-refractivity contribution in [2.75, 3.05) is 5.32 Å². The highest BCUT2D eigenvalue weighted by Gasteiger charge is 2.17. The number of carbonyl (C=O) groups excluding carboxylic acids is 1. The average molecular weight is 299 g/mol. The van der Waals surface area contributed by atoms with E-state index in [2.05, 4.69) is 5.32 Å². The summed E-state index contributed by atoms with van der Waals surface area (Å²) in [5.41, 5.74) is 6.84. The molecule has 1 atom stereocenters. The second-order valence-electron chi connectivity index (χ2n) is 5.96. The Labute approximate surface area is 125 Å². The van der Waals surface area contributed by atoms with Crippen LogP contribution in [0.15, 0.2) is 18.2 Å². The largest absolute Gasteiger partial charge is 0.444 e. The fourth-order valence-electron chi connectivity index (χ4n) is 1.63. The summed E-state index contributed by atoms with van der Waals surface area (Å²) in [5, 5.41) is 3.16. The summed E-state index contributed by atoms with van der Waals surface area (Å²) in [6.45, 7) is 7.41. The van der Waals surface area contributed by atoms with Crippen LogP contribution in [0.3, 0.4) is 0 Å². The molecule has 1 aromatic carbocycles. The van der Waals surface area contributed by atoms with Crippen molar-refractivity contribution in [1.82, 2.24) is 0 Å². The Hall–Kier alpha value is -1.26. The molecule has 0 radical (unpaired) electrons. The molecule has 20 heavy (non-hydrogen) atoms. The van der Waals surface area contributed by atoms with E-state index in [1.807, 2.05) is 39.8 Å². The molecule has 1 aromatic rings. The van der Waals surface area contributed by atoms with E-state index in [-0.39, 0.29) is 6.04 Å². The molecule has 0 aromatic heterocycles. The molecule has 5 heteroatoms. The molecule has 4 nitrogen and oxygen atoms in total. The molecule has 0 heterocycles. The first-order valence-corrected chi connectivity index (χ1v) is 7.09. The number of rotatable bonds is 4. The summed E-state index contributed by atoms with van der Waals surface area (Å²) in [4.78, 5) is 11.7. The van der Waals surface area contributed by atoms with E-state index in [4.69, 9.17) is 22.1 Å². The first-order chi connectivity index (χ1) is 9.17. The smallest absolute Gasteiger partial charge is 0.412 e. The molecule has 0 saturated carbocycles. The lowest BCUT2D eigenvalue weighted by Crippen LogP contribution is -2.27. The second-order valence-corrected chi connectivity index (χ2v) is 6.36. The molecule has 0 aliphatic heterocycles. The molecule has 3 N–H and O–H groups in total. The lowest BCUT2D eigenvalue weighted by Gasteiger charge is -2.20. The van der Waals surface area contributed by atoms with Crippen LogP contribution in [-0.2, 0) is 11.2 Å². The number of carbonyl (C=O) groups is 1. The highest BCUT2D eigenvalue weighted by molar-refractivity contribution is 6.33. The van der Waals surface area contributed by atoms with E-state index in [0.29, 0.717) is 10.7 Å². The van der Waals surface area contributed by atoms with Gasteiger partial charge < -0.3 is 10.5 Å². The maximum atomic E-state index is 11.7. The van der Waals surface area contributed by atoms with Crippen molar-refractivity contribution in [2.24, 2.45) is 5.73 Å². The van der Waals surface area contributed by atoms with Crippen LogP contribution < -0.4 is 11.1 Å². The van der Waals surface area contributed by atoms with Crippen molar-refractivity contribution in [1.29, 1.82) is 0 Å². The van der Waals surface area contributed by atoms with Gasteiger partial charge in [0.1, 0.15) is 5.60 Å². The van der Waals surface area contributed by atoms with E-state index < -0.39 is 11.7 Å². The SMILES string of the molecule is C[C@H](N)CCc1ccc(Cl)c(NC(=O)OC(C)(C)C)c1. The van der Waals surface area contributed by atoms with Crippen LogP contribution in [0.5, 0.6) is 0 Å². The number of aryl methyl sites for hydroxylation is 1. The predicted molar refractivity (Wildman–Crippen MR) is 83.3 cm³/mol. The van der Waals surface area contributed by atoms with Gasteiger partial charge in [0.2, 0.25) is 0 Å². The van der Waals surface area contributed by atoms with Gasteiger partial charge in [0, 0.05) is 6.04 Å². The summed E-state index contributed by atoms with van der Waals surface area (Å²) in [6, 6.07) is 5.71. The van der Waals surface area contributed by atoms with Crippen molar-refractivity contribution >= 4 is 23.4 Å². The number of nitrogens with one attached hydrogen (secondary N) is 1. The summed E-state index contributed by atoms with van der Waals surface area (Å²) < 4.78 is 5.21. The highest BCUT2D eigenvalue weighted by atomic mass is 35.5. The third kappa shape index (κ3) is 6.26. The van der Waals surface area contributed by atoms with Crippen LogP contribution in [-0.4, -0.2) is 17.7 Å². The fourth-order valence-corrected chi connectivity index (χ4v) is 1.80. The van der Waals surface area contributed by atoms with Gasteiger partial charge in [-0.3, -0.25) is 5.32 Å². The fraction of sp³-hybridized carbons (Fsp3) is 0.533. The van der Waals surface area contributed by atoms with Gasteiger partial charge in [-0.25, -0.2) is 4.79 Å². The lowest BCUT2D eigenvalue weighted by molar-refractivity contribution is 0.0636. The van der Waals surface area contributed by atoms with Gasteiger partial charge in [0.25, 0.3) is 0 Å². The minimum Gasteiger partial charge on any atom is -0.444 e. The quantitative estimate of drug-likeness (QED) is 0.884. The Morgan fingerprint density at radius 3 is 2.65 bits per heavy atom. The number of hydrogen-bond donors (Lipinski definition) is 2. The Balaban J connectivity index is 2.73. The Morgan fingerprint density at radius 2 is 2.10 bits per heavy atom. The molecule has 0 fully saturated rings. The molecule has 112 valence electrons. The normalized spacial score (nSPS) is 12.9. The number of hydrogen-bond acceptors (Lipinski definition) is 3. The zero-order valence-electron chi connectivity index (χ0n) is 12.5. The third-order valence-electron chi connectivity index (χ3n) is 2.55. The number of ether oxygens (including phenoxy) is 1. The second kappa shape index (κ2) is 6.95. The zero-order valence-corrected chi connectivity index (χ0v) is 13.3. The van der Waals surface area contributed by atoms with Crippen molar-refractivity contribution in [3.05, 3.63) is 28.8 Å². The maximum Gasteiger partial charge on any atom is 0.412 e. The van der Waals surface area contributed by atoms with Crippen LogP contribution in [0.2, 0.25) is 5.02 Å². The summed E-state index contributed by atoms with van der Waals surface area (Å²) in [7, 11) is 0. The molecule has 0 aliphatic carbocycles. The number of anilines is 1. The van der Waals surface area contributed by atoms with Crippen LogP contribution in [0, 0.1) is 0 Å². The molecule has 1 amide bonds. The predicted octanol–water partition coefficient (Wildman–Crippen LogP) is 3.97. The van der Waals surface area contributed by atoms with Crippen molar-refractivity contribution < 1.29 is 9.53 Å². The van der Waals surface area contributed by atoms with Crippen LogP contribution in [0.1, 0.15) is 39.7 Å². The molecule has 0 saturated heterocycles. The van der Waals surface area contributed by atoms with Crippen LogP contribution >= 0.6 is 11.6 Å². The summed E-state index contributed by atoms with van der Waals surface area (Å²) in [5.74, 6) is 0. The van der Waals surface area contributed by atoms with Gasteiger partial charge in [-0.2, -0.15) is 0 Å². The van der Waals surface area contributed by atoms with Gasteiger partial charge in [-0.05, 0) is 58.2 Å². The first kappa shape index (κ1) is 16.8. The van der Waals surface area contributed by atoms with Gasteiger partial charge in [-0.15, -0.1) is 0 Å². The third-order valence-corrected chi connectivity index (χ3v) is 2.88. The molecule has 1 rings (SSSR count). The monoisotopic (exact) mass is 298 g/mol. The molecule has 0 unspecified atom stereocenters. The van der Waals surface area contributed by atoms with Crippen LogP contribution in [0.4, 0.5) is 10.5 Å². The summed E-state index contributed by atoms with van der Waals surface area (Å²) in [6.07, 6.45) is 1.22. The minimum absolute atomic E-state index is 0.146. The zero-order chi connectivity index (χ0) is 15.3. The van der Waals surface area contributed by atoms with E-state index in [9.17, 15) is 4.79 Å². The van der Waals surface area contributed by atoms with E-state index >= 15 is 0 Å². The van der Waals surface area contributed by atoms with Gasteiger partial charge >= 0.3 is 6.09 Å². The Morgan fingerprint density at radius 1 is 1.45 bits per heavy atom. The number of nitrogens with two attached hydrogens (primary N) is 1. The minimum atomic E-state index is -0.539. The topological polar surface area (TPSA) is 64.3 Å². The van der Waals surface area contributed by atoms with Gasteiger partial charge in [0.15, 0.2) is 0 Å². The lowest BCUT2D eigenvalue weighted by atomic mass is 10.1. The molecule has 0 aliphatic rings. The molecular weight excluding hydrogens is 276 g/mol. The van der Waals surface area contributed by atoms with E-state index in [1.165, 1.54) is 0 Å². The Bertz CT molecular complexity index is 467. The summed E-state index contributed by atoms with van der Waals surface area (Å²) >= 11 is 6.08. The van der Waals surface area contributed by atoms with E-state index in [1.54, 1.807) is 6.07 Å². The standard InChI is InChI=1S/C15H23ClN2O2/c1-10(17)5-6-11-7-8-12(16)13(9-11)18-14(19)20-15(2,3)4/h7-10H,5-6,17H2,1-4H3,(H,18,19)/t10-/m0/s1. The average Bonchev–Trinajstić information content (AvgIpc) is 2.27. The maximum absolute atomic E-state index is 11.7. The van der Waals surface area contributed by atoms with Crippen molar-refractivity contribution in [2.45, 2.75) is 52.2 Å². The highest BCUT2D eigenvalue weighted by Crippen LogP contribution is 2.24. The molecule has 0 spiro atoms. The van der Waals surface area contributed by atoms with Crippen molar-refractivity contribution in [3.8, 4) is 0 Å². The first-order valence-electron chi connectivity index (χ1n) is 6.71. The van der Waals surface area contributed by atoms with E-state index in [0.717, 1.165) is 18.4 Å². The molecule has 0 bridgehead atoms. The van der Waals surface area contributed by atoms with Crippen molar-refractivity contribution in [3.63, 3.8) is 0 Å².